The fourth-order valence-electron chi connectivity index (χ4n) is 1.60. The first kappa shape index (κ1) is 15.1. The van der Waals surface area contributed by atoms with Crippen molar-refractivity contribution in [3.05, 3.63) is 23.7 Å². The highest BCUT2D eigenvalue weighted by molar-refractivity contribution is 5.07. The van der Waals surface area contributed by atoms with Crippen LogP contribution in [0.4, 0.5) is 13.2 Å². The minimum atomic E-state index is -4.23. The first-order chi connectivity index (χ1) is 8.51. The van der Waals surface area contributed by atoms with Gasteiger partial charge in [-0.05, 0) is 18.6 Å². The van der Waals surface area contributed by atoms with Gasteiger partial charge in [0.05, 0.1) is 0 Å². The minimum Gasteiger partial charge on any atom is -0.463 e. The van der Waals surface area contributed by atoms with Crippen molar-refractivity contribution < 1.29 is 22.3 Å². The van der Waals surface area contributed by atoms with Crippen LogP contribution in [0.1, 0.15) is 44.1 Å². The monoisotopic (exact) mass is 264 g/mol. The molecule has 1 aromatic heterocycles. The maximum Gasteiger partial charge on any atom is 0.396 e. The fourth-order valence-corrected chi connectivity index (χ4v) is 1.60. The fraction of sp³-hybridized carbons (Fsp3) is 0.692. The summed E-state index contributed by atoms with van der Waals surface area (Å²) in [4.78, 5) is 0. The van der Waals surface area contributed by atoms with Crippen LogP contribution in [-0.4, -0.2) is 12.8 Å². The Morgan fingerprint density at radius 1 is 1.11 bits per heavy atom. The molecule has 0 saturated carbocycles. The second-order valence-corrected chi connectivity index (χ2v) is 4.27. The third-order valence-corrected chi connectivity index (χ3v) is 2.48. The van der Waals surface area contributed by atoms with Crippen LogP contribution < -0.4 is 0 Å². The van der Waals surface area contributed by atoms with E-state index in [1.54, 1.807) is 0 Å². The molecular formula is C13H19F3O2. The molecule has 1 heterocycles. The van der Waals surface area contributed by atoms with E-state index >= 15 is 0 Å². The summed E-state index contributed by atoms with van der Waals surface area (Å²) in [5.41, 5.74) is 0. The van der Waals surface area contributed by atoms with E-state index in [4.69, 9.17) is 9.15 Å². The van der Waals surface area contributed by atoms with Crippen molar-refractivity contribution in [2.45, 2.75) is 51.8 Å². The molecule has 0 radical (unpaired) electrons. The zero-order valence-electron chi connectivity index (χ0n) is 10.6. The first-order valence-electron chi connectivity index (χ1n) is 6.23. The molecule has 2 nitrogen and oxygen atoms in total. The molecule has 0 aliphatic rings. The molecule has 5 heteroatoms. The van der Waals surface area contributed by atoms with E-state index in [1.165, 1.54) is 25.0 Å². The molecule has 104 valence electrons. The molecule has 0 atom stereocenters. The molecule has 18 heavy (non-hydrogen) atoms. The maximum absolute atomic E-state index is 12.1. The van der Waals surface area contributed by atoms with Gasteiger partial charge >= 0.3 is 6.18 Å². The summed E-state index contributed by atoms with van der Waals surface area (Å²) in [6, 6.07) is 2.89. The van der Waals surface area contributed by atoms with Crippen LogP contribution in [0.25, 0.3) is 0 Å². The SMILES string of the molecule is CCCCCCOCc1ccc(CC(F)(F)F)o1. The van der Waals surface area contributed by atoms with Crippen molar-refractivity contribution in [2.24, 2.45) is 0 Å². The van der Waals surface area contributed by atoms with Crippen LogP contribution in [-0.2, 0) is 17.8 Å². The Morgan fingerprint density at radius 3 is 2.50 bits per heavy atom. The predicted octanol–water partition coefficient (Wildman–Crippen LogP) is 4.48. The second-order valence-electron chi connectivity index (χ2n) is 4.27. The second kappa shape index (κ2) is 7.46. The Bertz CT molecular complexity index is 331. The summed E-state index contributed by atoms with van der Waals surface area (Å²) in [5.74, 6) is 0.386. The average Bonchev–Trinajstić information content (AvgIpc) is 2.68. The van der Waals surface area contributed by atoms with Crippen molar-refractivity contribution in [1.82, 2.24) is 0 Å². The zero-order chi connectivity index (χ0) is 13.4. The van der Waals surface area contributed by atoms with E-state index < -0.39 is 12.6 Å². The van der Waals surface area contributed by atoms with E-state index in [9.17, 15) is 13.2 Å². The third kappa shape index (κ3) is 6.69. The molecule has 0 fully saturated rings. The van der Waals surface area contributed by atoms with Gasteiger partial charge in [-0.15, -0.1) is 0 Å². The van der Waals surface area contributed by atoms with Gasteiger partial charge in [0, 0.05) is 6.61 Å². The van der Waals surface area contributed by atoms with Gasteiger partial charge in [0.15, 0.2) is 0 Å². The summed E-state index contributed by atoms with van der Waals surface area (Å²) in [6.07, 6.45) is -0.809. The van der Waals surface area contributed by atoms with Crippen LogP contribution >= 0.6 is 0 Å². The van der Waals surface area contributed by atoms with Gasteiger partial charge in [-0.2, -0.15) is 13.2 Å². The van der Waals surface area contributed by atoms with E-state index in [0.29, 0.717) is 12.4 Å². The van der Waals surface area contributed by atoms with Crippen molar-refractivity contribution in [3.8, 4) is 0 Å². The Hall–Kier alpha value is -0.970. The number of unbranched alkanes of at least 4 members (excludes halogenated alkanes) is 3. The molecule has 0 unspecified atom stereocenters. The quantitative estimate of drug-likeness (QED) is 0.646. The van der Waals surface area contributed by atoms with Crippen molar-refractivity contribution in [2.75, 3.05) is 6.61 Å². The van der Waals surface area contributed by atoms with Gasteiger partial charge in [0.2, 0.25) is 0 Å². The molecule has 0 aliphatic heterocycles. The molecule has 0 N–H and O–H groups in total. The number of ether oxygens (including phenoxy) is 1. The lowest BCUT2D eigenvalue weighted by atomic mass is 10.2. The predicted molar refractivity (Wildman–Crippen MR) is 62.3 cm³/mol. The Labute approximate surface area is 105 Å². The van der Waals surface area contributed by atoms with Crippen LogP contribution in [0.3, 0.4) is 0 Å². The van der Waals surface area contributed by atoms with Gasteiger partial charge in [-0.25, -0.2) is 0 Å². The van der Waals surface area contributed by atoms with E-state index in [1.807, 2.05) is 0 Å². The molecule has 0 aliphatic carbocycles. The summed E-state index contributed by atoms with van der Waals surface area (Å²) >= 11 is 0. The molecule has 0 bridgehead atoms. The molecule has 1 aromatic rings. The number of halogens is 3. The van der Waals surface area contributed by atoms with E-state index in [0.717, 1.165) is 12.8 Å². The highest BCUT2D eigenvalue weighted by Crippen LogP contribution is 2.22. The highest BCUT2D eigenvalue weighted by Gasteiger charge is 2.29. The summed E-state index contributed by atoms with van der Waals surface area (Å²) in [5, 5.41) is 0. The van der Waals surface area contributed by atoms with Gasteiger partial charge in [-0.1, -0.05) is 26.2 Å². The van der Waals surface area contributed by atoms with E-state index in [2.05, 4.69) is 6.92 Å². The van der Waals surface area contributed by atoms with Crippen LogP contribution in [0.5, 0.6) is 0 Å². The van der Waals surface area contributed by atoms with E-state index in [-0.39, 0.29) is 12.4 Å². The number of furan rings is 1. The molecule has 1 rings (SSSR count). The van der Waals surface area contributed by atoms with Gasteiger partial charge in [-0.3, -0.25) is 0 Å². The third-order valence-electron chi connectivity index (χ3n) is 2.48. The number of hydrogen-bond donors (Lipinski definition) is 0. The lowest BCUT2D eigenvalue weighted by Gasteiger charge is -2.03. The molecule has 0 aromatic carbocycles. The lowest BCUT2D eigenvalue weighted by Crippen LogP contribution is -2.10. The number of rotatable bonds is 8. The van der Waals surface area contributed by atoms with Crippen molar-refractivity contribution >= 4 is 0 Å². The van der Waals surface area contributed by atoms with Gasteiger partial charge in [0.1, 0.15) is 24.5 Å². The van der Waals surface area contributed by atoms with Crippen LogP contribution in [0.2, 0.25) is 0 Å². The standard InChI is InChI=1S/C13H19F3O2/c1-2-3-4-5-8-17-10-12-7-6-11(18-12)9-13(14,15)16/h6-7H,2-5,8-10H2,1H3. The summed E-state index contributed by atoms with van der Waals surface area (Å²) in [6.45, 7) is 2.99. The largest absolute Gasteiger partial charge is 0.463 e. The summed E-state index contributed by atoms with van der Waals surface area (Å²) in [7, 11) is 0. The Kier molecular flexibility index (Phi) is 6.25. The summed E-state index contributed by atoms with van der Waals surface area (Å²) < 4.78 is 46.6. The number of hydrogen-bond acceptors (Lipinski definition) is 2. The van der Waals surface area contributed by atoms with Crippen molar-refractivity contribution in [3.63, 3.8) is 0 Å². The smallest absolute Gasteiger partial charge is 0.396 e. The molecule has 0 saturated heterocycles. The first-order valence-corrected chi connectivity index (χ1v) is 6.23. The maximum atomic E-state index is 12.1. The van der Waals surface area contributed by atoms with Crippen molar-refractivity contribution in [1.29, 1.82) is 0 Å². The molecule has 0 spiro atoms. The van der Waals surface area contributed by atoms with Crippen LogP contribution in [0, 0.1) is 0 Å². The Morgan fingerprint density at radius 2 is 1.83 bits per heavy atom. The topological polar surface area (TPSA) is 22.4 Å². The normalized spacial score (nSPS) is 12.0. The van der Waals surface area contributed by atoms with Crippen LogP contribution in [0.15, 0.2) is 16.5 Å². The lowest BCUT2D eigenvalue weighted by molar-refractivity contribution is -0.130. The molecule has 0 amide bonds. The average molecular weight is 264 g/mol. The highest BCUT2D eigenvalue weighted by atomic mass is 19.4. The Balaban J connectivity index is 2.19. The minimum absolute atomic E-state index is 0.0629. The number of alkyl halides is 3. The van der Waals surface area contributed by atoms with Gasteiger partial charge < -0.3 is 9.15 Å². The zero-order valence-corrected chi connectivity index (χ0v) is 10.6. The van der Waals surface area contributed by atoms with Gasteiger partial charge in [0.25, 0.3) is 0 Å². The molecular weight excluding hydrogens is 245 g/mol.